The third kappa shape index (κ3) is 8.83. The van der Waals surface area contributed by atoms with Gasteiger partial charge >= 0.3 is 6.09 Å². The number of aryl methyl sites for hydroxylation is 1. The van der Waals surface area contributed by atoms with Crippen LogP contribution in [0.1, 0.15) is 19.4 Å². The van der Waals surface area contributed by atoms with E-state index in [1.807, 2.05) is 67.6 Å². The van der Waals surface area contributed by atoms with Crippen LogP contribution in [0.25, 0.3) is 22.2 Å². The lowest BCUT2D eigenvalue weighted by atomic mass is 10.1. The van der Waals surface area contributed by atoms with Crippen LogP contribution < -0.4 is 4.90 Å². The number of pyridine rings is 1. The molecule has 9 nitrogen and oxygen atoms in total. The average molecular weight is 593 g/mol. The van der Waals surface area contributed by atoms with Crippen molar-refractivity contribution in [3.8, 4) is 11.3 Å². The third-order valence-corrected chi connectivity index (χ3v) is 7.56. The van der Waals surface area contributed by atoms with Crippen molar-refractivity contribution in [2.75, 3.05) is 44.5 Å². The van der Waals surface area contributed by atoms with Crippen molar-refractivity contribution >= 4 is 32.8 Å². The van der Waals surface area contributed by atoms with E-state index >= 15 is 0 Å². The molecule has 222 valence electrons. The minimum absolute atomic E-state index is 0.0969. The molecule has 0 aliphatic carbocycles. The lowest BCUT2D eigenvalue weighted by Gasteiger charge is -2.23. The highest BCUT2D eigenvalue weighted by atomic mass is 32.2. The Morgan fingerprint density at radius 1 is 0.810 bits per heavy atom. The van der Waals surface area contributed by atoms with E-state index in [9.17, 15) is 13.2 Å². The predicted octanol–water partition coefficient (Wildman–Crippen LogP) is 6.00. The van der Waals surface area contributed by atoms with Gasteiger partial charge in [-0.2, -0.15) is 8.42 Å². The highest BCUT2D eigenvalue weighted by Gasteiger charge is 2.19. The molecular weight excluding hydrogens is 556 g/mol. The number of para-hydroxylation sites is 1. The zero-order valence-electron chi connectivity index (χ0n) is 24.1. The first-order valence-electron chi connectivity index (χ1n) is 13.8. The minimum atomic E-state index is -3.82. The van der Waals surface area contributed by atoms with E-state index < -0.39 is 16.2 Å². The van der Waals surface area contributed by atoms with E-state index in [1.54, 1.807) is 26.0 Å². The first kappa shape index (κ1) is 31.1. The standard InChI is InChI=1S/C32H36N2O7S/c1-24(2)41-32(35)34(28-13-10-27(11-14-28)31-17-12-26-6-4-5-7-30(26)33-31)18-19-38-20-21-39-22-23-40-42(36,37)29-15-8-25(3)9-16-29/h4-17,24H,18-23H2,1-3H3. The van der Waals surface area contributed by atoms with Gasteiger partial charge in [0.1, 0.15) is 0 Å². The van der Waals surface area contributed by atoms with Crippen LogP contribution in [0.5, 0.6) is 0 Å². The molecular formula is C32H36N2O7S. The number of aromatic nitrogens is 1. The summed E-state index contributed by atoms with van der Waals surface area (Å²) in [7, 11) is -3.82. The van der Waals surface area contributed by atoms with Crippen LogP contribution in [0, 0.1) is 6.92 Å². The lowest BCUT2D eigenvalue weighted by Crippen LogP contribution is -2.36. The summed E-state index contributed by atoms with van der Waals surface area (Å²) in [5.41, 5.74) is 4.34. The first-order valence-corrected chi connectivity index (χ1v) is 15.2. The van der Waals surface area contributed by atoms with Crippen molar-refractivity contribution in [3.63, 3.8) is 0 Å². The van der Waals surface area contributed by atoms with E-state index in [-0.39, 0.29) is 50.6 Å². The Kier molecular flexibility index (Phi) is 11.0. The number of nitrogens with zero attached hydrogens (tertiary/aromatic N) is 2. The molecule has 1 heterocycles. The molecule has 1 amide bonds. The van der Waals surface area contributed by atoms with Crippen LogP contribution in [0.15, 0.2) is 89.8 Å². The Morgan fingerprint density at radius 2 is 1.48 bits per heavy atom. The summed E-state index contributed by atoms with van der Waals surface area (Å²) < 4.78 is 46.0. The van der Waals surface area contributed by atoms with E-state index in [2.05, 4.69) is 0 Å². The van der Waals surface area contributed by atoms with Crippen LogP contribution in [0.2, 0.25) is 0 Å². The maximum atomic E-state index is 12.8. The summed E-state index contributed by atoms with van der Waals surface area (Å²) in [6.07, 6.45) is -0.735. The van der Waals surface area contributed by atoms with Gasteiger partial charge in [0.25, 0.3) is 10.1 Å². The highest BCUT2D eigenvalue weighted by molar-refractivity contribution is 7.86. The molecule has 0 aliphatic rings. The number of benzene rings is 3. The smallest absolute Gasteiger partial charge is 0.414 e. The van der Waals surface area contributed by atoms with Gasteiger partial charge in [0.05, 0.1) is 61.8 Å². The van der Waals surface area contributed by atoms with Crippen molar-refractivity contribution in [2.45, 2.75) is 31.8 Å². The summed E-state index contributed by atoms with van der Waals surface area (Å²) in [6.45, 7) is 6.52. The molecule has 0 bridgehead atoms. The van der Waals surface area contributed by atoms with Crippen LogP contribution in [0.3, 0.4) is 0 Å². The van der Waals surface area contributed by atoms with Crippen molar-refractivity contribution in [3.05, 3.63) is 90.5 Å². The van der Waals surface area contributed by atoms with Gasteiger partial charge in [-0.15, -0.1) is 0 Å². The lowest BCUT2D eigenvalue weighted by molar-refractivity contribution is 0.0387. The topological polar surface area (TPSA) is 104 Å². The molecule has 0 spiro atoms. The molecule has 0 aliphatic heterocycles. The number of carbonyl (C=O) groups excluding carboxylic acids is 1. The maximum Gasteiger partial charge on any atom is 0.414 e. The Morgan fingerprint density at radius 3 is 2.19 bits per heavy atom. The van der Waals surface area contributed by atoms with E-state index in [0.29, 0.717) is 5.69 Å². The molecule has 4 aromatic rings. The number of amides is 1. The summed E-state index contributed by atoms with van der Waals surface area (Å²) >= 11 is 0. The van der Waals surface area contributed by atoms with Crippen molar-refractivity contribution in [1.82, 2.24) is 4.98 Å². The molecule has 0 radical (unpaired) electrons. The van der Waals surface area contributed by atoms with Gasteiger partial charge in [0.15, 0.2) is 0 Å². The highest BCUT2D eigenvalue weighted by Crippen LogP contribution is 2.25. The second kappa shape index (κ2) is 14.9. The SMILES string of the molecule is Cc1ccc(S(=O)(=O)OCCOCCOCCN(C(=O)OC(C)C)c2ccc(-c3ccc4ccccc4n3)cc2)cc1. The van der Waals surface area contributed by atoms with Gasteiger partial charge in [0, 0.05) is 16.6 Å². The third-order valence-electron chi connectivity index (χ3n) is 6.24. The zero-order chi connectivity index (χ0) is 30.0. The van der Waals surface area contributed by atoms with Gasteiger partial charge in [-0.25, -0.2) is 9.78 Å². The van der Waals surface area contributed by atoms with Crippen LogP contribution >= 0.6 is 0 Å². The van der Waals surface area contributed by atoms with Crippen molar-refractivity contribution in [2.24, 2.45) is 0 Å². The zero-order valence-corrected chi connectivity index (χ0v) is 24.9. The monoisotopic (exact) mass is 592 g/mol. The number of fused-ring (bicyclic) bond motifs is 1. The molecule has 1 aromatic heterocycles. The normalized spacial score (nSPS) is 11.6. The molecule has 0 unspecified atom stereocenters. The van der Waals surface area contributed by atoms with Crippen LogP contribution in [-0.4, -0.2) is 65.2 Å². The Labute approximate surface area is 247 Å². The van der Waals surface area contributed by atoms with Gasteiger partial charge in [0.2, 0.25) is 0 Å². The maximum absolute atomic E-state index is 12.8. The molecule has 4 rings (SSSR count). The number of anilines is 1. The first-order chi connectivity index (χ1) is 20.2. The van der Waals surface area contributed by atoms with Crippen molar-refractivity contribution < 1.29 is 31.6 Å². The van der Waals surface area contributed by atoms with Crippen molar-refractivity contribution in [1.29, 1.82) is 0 Å². The average Bonchev–Trinajstić information content (AvgIpc) is 2.98. The van der Waals surface area contributed by atoms with E-state index in [4.69, 9.17) is 23.4 Å². The summed E-state index contributed by atoms with van der Waals surface area (Å²) in [5.74, 6) is 0. The molecule has 0 saturated heterocycles. The van der Waals surface area contributed by atoms with Gasteiger partial charge in [-0.3, -0.25) is 9.08 Å². The molecule has 0 N–H and O–H groups in total. The quantitative estimate of drug-likeness (QED) is 0.130. The second-order valence-electron chi connectivity index (χ2n) is 9.83. The van der Waals surface area contributed by atoms with Gasteiger partial charge < -0.3 is 14.2 Å². The van der Waals surface area contributed by atoms with Crippen LogP contribution in [0.4, 0.5) is 10.5 Å². The molecule has 10 heteroatoms. The summed E-state index contributed by atoms with van der Waals surface area (Å²) in [5, 5.41) is 1.07. The number of carbonyl (C=O) groups is 1. The largest absolute Gasteiger partial charge is 0.446 e. The van der Waals surface area contributed by atoms with Gasteiger partial charge in [-0.05, 0) is 57.2 Å². The van der Waals surface area contributed by atoms with Crippen LogP contribution in [-0.2, 0) is 28.5 Å². The van der Waals surface area contributed by atoms with E-state index in [1.165, 1.54) is 17.0 Å². The summed E-state index contributed by atoms with van der Waals surface area (Å²) in [6, 6.07) is 26.0. The summed E-state index contributed by atoms with van der Waals surface area (Å²) in [4.78, 5) is 19.2. The van der Waals surface area contributed by atoms with E-state index in [0.717, 1.165) is 27.7 Å². The molecule has 0 atom stereocenters. The number of ether oxygens (including phenoxy) is 3. The molecule has 42 heavy (non-hydrogen) atoms. The van der Waals surface area contributed by atoms with Gasteiger partial charge in [-0.1, -0.05) is 54.1 Å². The Balaban J connectivity index is 1.24. The molecule has 0 fully saturated rings. The Bertz CT molecular complexity index is 1560. The Hall–Kier alpha value is -3.83. The fraction of sp³-hybridized carbons (Fsp3) is 0.312. The fourth-order valence-corrected chi connectivity index (χ4v) is 4.98. The predicted molar refractivity (Wildman–Crippen MR) is 162 cm³/mol. The number of hydrogen-bond acceptors (Lipinski definition) is 8. The molecule has 3 aromatic carbocycles. The number of hydrogen-bond donors (Lipinski definition) is 0. The number of rotatable bonds is 14. The fourth-order valence-electron chi connectivity index (χ4n) is 4.08. The minimum Gasteiger partial charge on any atom is -0.446 e. The molecule has 0 saturated carbocycles. The second-order valence-corrected chi connectivity index (χ2v) is 11.4.